The fourth-order valence-electron chi connectivity index (χ4n) is 2.36. The molecule has 1 aromatic carbocycles. The van der Waals surface area contributed by atoms with Crippen molar-refractivity contribution in [2.24, 2.45) is 0 Å². The maximum absolute atomic E-state index is 11.8. The molecule has 1 aliphatic heterocycles. The summed E-state index contributed by atoms with van der Waals surface area (Å²) >= 11 is 5.87. The van der Waals surface area contributed by atoms with Gasteiger partial charge < -0.3 is 9.84 Å². The van der Waals surface area contributed by atoms with Crippen LogP contribution in [0.3, 0.4) is 0 Å². The Morgan fingerprint density at radius 2 is 2.00 bits per heavy atom. The van der Waals surface area contributed by atoms with Crippen LogP contribution in [0.1, 0.15) is 29.8 Å². The third-order valence-corrected chi connectivity index (χ3v) is 3.44. The molecule has 2 N–H and O–H groups in total. The Labute approximate surface area is 109 Å². The molecule has 94 valence electrons. The Kier molecular flexibility index (Phi) is 2.76. The molecule has 2 aromatic rings. The Hall–Kier alpha value is -1.52. The van der Waals surface area contributed by atoms with Crippen molar-refractivity contribution in [3.05, 3.63) is 56.5 Å². The second-order valence-corrected chi connectivity index (χ2v) is 4.99. The van der Waals surface area contributed by atoms with Crippen LogP contribution in [0.5, 0.6) is 0 Å². The van der Waals surface area contributed by atoms with E-state index in [4.69, 9.17) is 16.3 Å². The van der Waals surface area contributed by atoms with Gasteiger partial charge in [0, 0.05) is 17.1 Å². The average Bonchev–Trinajstić information content (AvgIpc) is 2.71. The van der Waals surface area contributed by atoms with E-state index in [1.807, 2.05) is 19.1 Å². The highest BCUT2D eigenvalue weighted by Crippen LogP contribution is 2.32. The topological polar surface area (TPSA) is 57.9 Å². The van der Waals surface area contributed by atoms with Crippen LogP contribution in [0.25, 0.3) is 0 Å². The number of rotatable bonds is 1. The molecule has 0 bridgehead atoms. The fraction of sp³-hybridized carbons (Fsp3) is 0.308. The van der Waals surface area contributed by atoms with E-state index in [2.05, 4.69) is 10.2 Å². The maximum atomic E-state index is 11.8. The van der Waals surface area contributed by atoms with E-state index in [0.717, 1.165) is 17.7 Å². The summed E-state index contributed by atoms with van der Waals surface area (Å²) in [7, 11) is 0. The van der Waals surface area contributed by atoms with Gasteiger partial charge in [-0.1, -0.05) is 23.7 Å². The lowest BCUT2D eigenvalue weighted by molar-refractivity contribution is 0.00627. The SMILES string of the molecule is C[C@@H]1Cc2[nH][nH]c(=O)c2[C@H](c2ccc(Cl)cc2)O1. The zero-order chi connectivity index (χ0) is 12.7. The molecule has 0 saturated heterocycles. The molecule has 0 spiro atoms. The van der Waals surface area contributed by atoms with E-state index in [9.17, 15) is 4.79 Å². The smallest absolute Gasteiger partial charge is 0.270 e. The molecule has 0 unspecified atom stereocenters. The van der Waals surface area contributed by atoms with Gasteiger partial charge in [0.05, 0.1) is 11.7 Å². The zero-order valence-electron chi connectivity index (χ0n) is 9.87. The van der Waals surface area contributed by atoms with E-state index in [1.165, 1.54) is 0 Å². The van der Waals surface area contributed by atoms with Crippen LogP contribution < -0.4 is 5.56 Å². The molecule has 0 amide bonds. The van der Waals surface area contributed by atoms with Crippen molar-refractivity contribution in [2.75, 3.05) is 0 Å². The number of aromatic nitrogens is 2. The predicted octanol–water partition coefficient (Wildman–Crippen LogP) is 2.41. The first-order chi connectivity index (χ1) is 8.65. The Morgan fingerprint density at radius 3 is 2.72 bits per heavy atom. The van der Waals surface area contributed by atoms with Gasteiger partial charge in [-0.15, -0.1) is 0 Å². The van der Waals surface area contributed by atoms with Crippen LogP contribution in [0.2, 0.25) is 5.02 Å². The number of H-pyrrole nitrogens is 2. The van der Waals surface area contributed by atoms with Crippen LogP contribution in [0.15, 0.2) is 29.1 Å². The van der Waals surface area contributed by atoms with Crippen LogP contribution in [0.4, 0.5) is 0 Å². The number of hydrogen-bond donors (Lipinski definition) is 2. The molecule has 1 aromatic heterocycles. The molecule has 3 rings (SSSR count). The van der Waals surface area contributed by atoms with Gasteiger partial charge in [0.15, 0.2) is 0 Å². The monoisotopic (exact) mass is 264 g/mol. The van der Waals surface area contributed by atoms with Gasteiger partial charge in [0.25, 0.3) is 5.56 Å². The van der Waals surface area contributed by atoms with Crippen LogP contribution >= 0.6 is 11.6 Å². The molecular weight excluding hydrogens is 252 g/mol. The largest absolute Gasteiger partial charge is 0.365 e. The minimum Gasteiger partial charge on any atom is -0.365 e. The molecule has 0 saturated carbocycles. The second-order valence-electron chi connectivity index (χ2n) is 4.55. The van der Waals surface area contributed by atoms with Crippen molar-refractivity contribution in [1.82, 2.24) is 10.2 Å². The summed E-state index contributed by atoms with van der Waals surface area (Å²) in [6, 6.07) is 7.39. The van der Waals surface area contributed by atoms with Crippen LogP contribution in [-0.4, -0.2) is 16.3 Å². The summed E-state index contributed by atoms with van der Waals surface area (Å²) in [4.78, 5) is 11.8. The Balaban J connectivity index is 2.09. The Morgan fingerprint density at radius 1 is 1.28 bits per heavy atom. The summed E-state index contributed by atoms with van der Waals surface area (Å²) in [5.41, 5.74) is 2.43. The lowest BCUT2D eigenvalue weighted by Crippen LogP contribution is -2.27. The lowest BCUT2D eigenvalue weighted by atomic mass is 9.96. The van der Waals surface area contributed by atoms with Crippen LogP contribution in [0, 0.1) is 0 Å². The molecule has 0 fully saturated rings. The average molecular weight is 265 g/mol. The van der Waals surface area contributed by atoms with Crippen molar-refractivity contribution >= 4 is 11.6 Å². The van der Waals surface area contributed by atoms with Crippen molar-refractivity contribution < 1.29 is 4.74 Å². The van der Waals surface area contributed by atoms with E-state index in [0.29, 0.717) is 10.6 Å². The van der Waals surface area contributed by atoms with Gasteiger partial charge in [-0.3, -0.25) is 9.89 Å². The van der Waals surface area contributed by atoms with E-state index in [1.54, 1.807) is 12.1 Å². The normalized spacial score (nSPS) is 22.8. The summed E-state index contributed by atoms with van der Waals surface area (Å²) in [5, 5.41) is 6.22. The minimum absolute atomic E-state index is 0.0737. The van der Waals surface area contributed by atoms with Crippen LogP contribution in [-0.2, 0) is 11.2 Å². The third kappa shape index (κ3) is 1.87. The standard InChI is InChI=1S/C13H13ClN2O2/c1-7-6-10-11(13(17)16-15-10)12(18-7)8-2-4-9(14)5-3-8/h2-5,7,12H,6H2,1H3,(H2,15,16,17)/t7-,12+/m1/s1. The van der Waals surface area contributed by atoms with Gasteiger partial charge in [-0.2, -0.15) is 0 Å². The third-order valence-electron chi connectivity index (χ3n) is 3.19. The fourth-order valence-corrected chi connectivity index (χ4v) is 2.49. The first kappa shape index (κ1) is 11.6. The molecule has 2 atom stereocenters. The van der Waals surface area contributed by atoms with Gasteiger partial charge in [-0.25, -0.2) is 0 Å². The van der Waals surface area contributed by atoms with E-state index < -0.39 is 0 Å². The van der Waals surface area contributed by atoms with Crippen molar-refractivity contribution in [3.8, 4) is 0 Å². The van der Waals surface area contributed by atoms with Gasteiger partial charge in [0.1, 0.15) is 6.10 Å². The summed E-state index contributed by atoms with van der Waals surface area (Å²) in [5.74, 6) is 0. The highest BCUT2D eigenvalue weighted by atomic mass is 35.5. The number of halogens is 1. The highest BCUT2D eigenvalue weighted by molar-refractivity contribution is 6.30. The molecule has 1 aliphatic rings. The zero-order valence-corrected chi connectivity index (χ0v) is 10.6. The predicted molar refractivity (Wildman–Crippen MR) is 69.0 cm³/mol. The molecule has 5 heteroatoms. The van der Waals surface area contributed by atoms with E-state index in [-0.39, 0.29) is 17.8 Å². The number of ether oxygens (including phenoxy) is 1. The first-order valence-electron chi connectivity index (χ1n) is 5.85. The lowest BCUT2D eigenvalue weighted by Gasteiger charge is -2.27. The van der Waals surface area contributed by atoms with Crippen molar-refractivity contribution in [1.29, 1.82) is 0 Å². The number of nitrogens with one attached hydrogen (secondary N) is 2. The molecule has 0 radical (unpaired) electrons. The van der Waals surface area contributed by atoms with Gasteiger partial charge >= 0.3 is 0 Å². The highest BCUT2D eigenvalue weighted by Gasteiger charge is 2.30. The second kappa shape index (κ2) is 4.30. The number of hydrogen-bond acceptors (Lipinski definition) is 2. The summed E-state index contributed by atoms with van der Waals surface area (Å²) in [6.07, 6.45) is 0.471. The van der Waals surface area contributed by atoms with Gasteiger partial charge in [0.2, 0.25) is 0 Å². The first-order valence-corrected chi connectivity index (χ1v) is 6.23. The minimum atomic E-state index is -0.323. The maximum Gasteiger partial charge on any atom is 0.270 e. The summed E-state index contributed by atoms with van der Waals surface area (Å²) < 4.78 is 5.89. The molecular formula is C13H13ClN2O2. The van der Waals surface area contributed by atoms with Crippen molar-refractivity contribution in [3.63, 3.8) is 0 Å². The number of aromatic amines is 2. The molecule has 18 heavy (non-hydrogen) atoms. The number of fused-ring (bicyclic) bond motifs is 1. The molecule has 0 aliphatic carbocycles. The van der Waals surface area contributed by atoms with E-state index >= 15 is 0 Å². The summed E-state index contributed by atoms with van der Waals surface area (Å²) in [6.45, 7) is 2.00. The quantitative estimate of drug-likeness (QED) is 0.831. The molecule has 2 heterocycles. The number of benzene rings is 1. The van der Waals surface area contributed by atoms with Gasteiger partial charge in [-0.05, 0) is 24.6 Å². The van der Waals surface area contributed by atoms with Crippen molar-refractivity contribution in [2.45, 2.75) is 25.6 Å². The Bertz CT molecular complexity index is 615. The molecule has 4 nitrogen and oxygen atoms in total.